The molecule has 4 heteroatoms. The van der Waals surface area contributed by atoms with Crippen molar-refractivity contribution in [3.05, 3.63) is 48.2 Å². The maximum atomic E-state index is 6.02. The van der Waals surface area contributed by atoms with E-state index in [1.165, 1.54) is 39.0 Å². The Morgan fingerprint density at radius 1 is 1.37 bits per heavy atom. The number of benzene rings is 1. The molecular formula is C15H15ClINS. The highest BCUT2D eigenvalue weighted by atomic mass is 127. The fourth-order valence-electron chi connectivity index (χ4n) is 2.65. The van der Waals surface area contributed by atoms with Crippen LogP contribution in [0.5, 0.6) is 0 Å². The molecule has 0 fully saturated rings. The lowest BCUT2D eigenvalue weighted by Gasteiger charge is -2.25. The molecule has 100 valence electrons. The molecule has 0 spiro atoms. The van der Waals surface area contributed by atoms with Gasteiger partial charge in [0.05, 0.1) is 8.93 Å². The van der Waals surface area contributed by atoms with Crippen molar-refractivity contribution in [3.8, 4) is 0 Å². The minimum Gasteiger partial charge on any atom is -0.378 e. The Balaban J connectivity index is 1.88. The zero-order chi connectivity index (χ0) is 13.4. The summed E-state index contributed by atoms with van der Waals surface area (Å²) in [5, 5.41) is 4.49. The van der Waals surface area contributed by atoms with Gasteiger partial charge in [-0.2, -0.15) is 0 Å². The highest BCUT2D eigenvalue weighted by Crippen LogP contribution is 2.38. The van der Waals surface area contributed by atoms with Crippen LogP contribution in [0.4, 0.5) is 5.69 Å². The second kappa shape index (κ2) is 5.62. The Kier molecular flexibility index (Phi) is 4.06. The largest absolute Gasteiger partial charge is 0.378 e. The van der Waals surface area contributed by atoms with Gasteiger partial charge in [0, 0.05) is 15.6 Å². The first kappa shape index (κ1) is 13.7. The number of halogens is 2. The van der Waals surface area contributed by atoms with Gasteiger partial charge in [-0.1, -0.05) is 11.6 Å². The predicted octanol–water partition coefficient (Wildman–Crippen LogP) is 5.80. The molecule has 2 aromatic rings. The molecule has 1 aromatic carbocycles. The van der Waals surface area contributed by atoms with Gasteiger partial charge in [0.1, 0.15) is 0 Å². The number of fused-ring (bicyclic) bond motifs is 1. The number of aryl methyl sites for hydroxylation is 2. The topological polar surface area (TPSA) is 12.0 Å². The highest BCUT2D eigenvalue weighted by Gasteiger charge is 2.22. The average molecular weight is 404 g/mol. The van der Waals surface area contributed by atoms with E-state index in [4.69, 9.17) is 11.6 Å². The minimum atomic E-state index is 0.448. The number of hydrogen-bond acceptors (Lipinski definition) is 2. The van der Waals surface area contributed by atoms with Crippen LogP contribution in [0, 0.1) is 9.81 Å². The van der Waals surface area contributed by atoms with Gasteiger partial charge < -0.3 is 5.32 Å². The van der Waals surface area contributed by atoms with E-state index in [-0.39, 0.29) is 0 Å². The van der Waals surface area contributed by atoms with E-state index in [9.17, 15) is 0 Å². The van der Waals surface area contributed by atoms with Crippen LogP contribution in [0.3, 0.4) is 0 Å². The van der Waals surface area contributed by atoms with Crippen LogP contribution in [0.1, 0.15) is 34.9 Å². The zero-order valence-electron chi connectivity index (χ0n) is 10.7. The third-order valence-corrected chi connectivity index (χ3v) is 5.81. The second-order valence-electron chi connectivity index (χ2n) is 4.98. The molecule has 19 heavy (non-hydrogen) atoms. The van der Waals surface area contributed by atoms with Crippen LogP contribution in [0.15, 0.2) is 24.3 Å². The molecule has 1 atom stereocenters. The SMILES string of the molecule is Cc1cc(Cl)ccc1NC1CCCc2sc(I)cc21. The summed E-state index contributed by atoms with van der Waals surface area (Å²) in [6.45, 7) is 2.11. The molecule has 0 saturated carbocycles. The Morgan fingerprint density at radius 3 is 3.00 bits per heavy atom. The predicted molar refractivity (Wildman–Crippen MR) is 92.5 cm³/mol. The van der Waals surface area contributed by atoms with E-state index < -0.39 is 0 Å². The Labute approximate surface area is 136 Å². The fraction of sp³-hybridized carbons (Fsp3) is 0.333. The molecule has 1 aromatic heterocycles. The maximum Gasteiger partial charge on any atom is 0.0660 e. The normalized spacial score (nSPS) is 18.2. The molecule has 1 unspecified atom stereocenters. The molecule has 1 aliphatic rings. The van der Waals surface area contributed by atoms with Crippen molar-refractivity contribution in [2.24, 2.45) is 0 Å². The number of nitrogens with one attached hydrogen (secondary N) is 1. The first-order chi connectivity index (χ1) is 9.13. The monoisotopic (exact) mass is 403 g/mol. The van der Waals surface area contributed by atoms with E-state index in [0.717, 1.165) is 5.02 Å². The van der Waals surface area contributed by atoms with Crippen LogP contribution in [-0.4, -0.2) is 0 Å². The van der Waals surface area contributed by atoms with Crippen LogP contribution < -0.4 is 5.32 Å². The van der Waals surface area contributed by atoms with Gasteiger partial charge >= 0.3 is 0 Å². The molecular weight excluding hydrogens is 389 g/mol. The van der Waals surface area contributed by atoms with Gasteiger partial charge in [-0.3, -0.25) is 0 Å². The summed E-state index contributed by atoms with van der Waals surface area (Å²) < 4.78 is 1.39. The van der Waals surface area contributed by atoms with Gasteiger partial charge in [0.2, 0.25) is 0 Å². The summed E-state index contributed by atoms with van der Waals surface area (Å²) in [5.41, 5.74) is 3.91. The van der Waals surface area contributed by atoms with Crippen molar-refractivity contribution in [1.29, 1.82) is 0 Å². The minimum absolute atomic E-state index is 0.448. The van der Waals surface area contributed by atoms with Crippen LogP contribution >= 0.6 is 45.5 Å². The standard InChI is InChI=1S/C15H15ClINS/c1-9-7-10(16)5-6-12(9)18-13-3-2-4-14-11(13)8-15(17)19-14/h5-8,13,18H,2-4H2,1H3. The average Bonchev–Trinajstić information content (AvgIpc) is 2.74. The fourth-order valence-corrected chi connectivity index (χ4v) is 4.99. The first-order valence-electron chi connectivity index (χ1n) is 6.44. The van der Waals surface area contributed by atoms with E-state index in [0.29, 0.717) is 6.04 Å². The molecule has 0 amide bonds. The number of thiophene rings is 1. The van der Waals surface area contributed by atoms with Crippen molar-refractivity contribution >= 4 is 51.2 Å². The van der Waals surface area contributed by atoms with Gasteiger partial charge in [-0.05, 0) is 84.2 Å². The van der Waals surface area contributed by atoms with Crippen LogP contribution in [0.25, 0.3) is 0 Å². The molecule has 0 aliphatic heterocycles. The molecule has 1 nitrogen and oxygen atoms in total. The van der Waals surface area contributed by atoms with E-state index in [1.54, 1.807) is 4.88 Å². The summed E-state index contributed by atoms with van der Waals surface area (Å²) in [4.78, 5) is 1.56. The lowest BCUT2D eigenvalue weighted by molar-refractivity contribution is 0.608. The molecule has 1 N–H and O–H groups in total. The van der Waals surface area contributed by atoms with Gasteiger partial charge in [0.25, 0.3) is 0 Å². The summed E-state index contributed by atoms with van der Waals surface area (Å²) >= 11 is 10.4. The summed E-state index contributed by atoms with van der Waals surface area (Å²) in [6, 6.07) is 8.85. The quantitative estimate of drug-likeness (QED) is 0.624. The van der Waals surface area contributed by atoms with Crippen molar-refractivity contribution < 1.29 is 0 Å². The van der Waals surface area contributed by atoms with Crippen molar-refractivity contribution in [3.63, 3.8) is 0 Å². The molecule has 0 saturated heterocycles. The summed E-state index contributed by atoms with van der Waals surface area (Å²) in [7, 11) is 0. The molecule has 1 heterocycles. The summed E-state index contributed by atoms with van der Waals surface area (Å²) in [5.74, 6) is 0. The molecule has 0 radical (unpaired) electrons. The van der Waals surface area contributed by atoms with E-state index in [1.807, 2.05) is 23.5 Å². The Hall–Kier alpha value is -0.260. The van der Waals surface area contributed by atoms with Crippen LogP contribution in [-0.2, 0) is 6.42 Å². The van der Waals surface area contributed by atoms with Gasteiger partial charge in [-0.15, -0.1) is 11.3 Å². The maximum absolute atomic E-state index is 6.02. The van der Waals surface area contributed by atoms with Gasteiger partial charge in [0.15, 0.2) is 0 Å². The summed E-state index contributed by atoms with van der Waals surface area (Å²) in [6.07, 6.45) is 3.72. The van der Waals surface area contributed by atoms with Crippen LogP contribution in [0.2, 0.25) is 5.02 Å². The van der Waals surface area contributed by atoms with Crippen molar-refractivity contribution in [2.75, 3.05) is 5.32 Å². The highest BCUT2D eigenvalue weighted by molar-refractivity contribution is 14.1. The first-order valence-corrected chi connectivity index (χ1v) is 8.71. The molecule has 0 bridgehead atoms. The third kappa shape index (κ3) is 2.93. The van der Waals surface area contributed by atoms with Crippen molar-refractivity contribution in [2.45, 2.75) is 32.2 Å². The third-order valence-electron chi connectivity index (χ3n) is 3.60. The molecule has 1 aliphatic carbocycles. The van der Waals surface area contributed by atoms with E-state index >= 15 is 0 Å². The molecule has 3 rings (SSSR count). The van der Waals surface area contributed by atoms with E-state index in [2.05, 4.69) is 47.0 Å². The Bertz CT molecular complexity index is 608. The smallest absolute Gasteiger partial charge is 0.0660 e. The Morgan fingerprint density at radius 2 is 2.21 bits per heavy atom. The van der Waals surface area contributed by atoms with Gasteiger partial charge in [-0.25, -0.2) is 0 Å². The second-order valence-corrected chi connectivity index (χ2v) is 8.44. The zero-order valence-corrected chi connectivity index (χ0v) is 14.4. The van der Waals surface area contributed by atoms with Crippen molar-refractivity contribution in [1.82, 2.24) is 0 Å². The lowest BCUT2D eigenvalue weighted by atomic mass is 9.93. The number of hydrogen-bond donors (Lipinski definition) is 1. The lowest BCUT2D eigenvalue weighted by Crippen LogP contribution is -2.16. The number of anilines is 1. The number of rotatable bonds is 2.